The number of hydrogen-bond donors (Lipinski definition) is 1. The molecule has 1 aromatic rings. The Labute approximate surface area is 98.4 Å². The summed E-state index contributed by atoms with van der Waals surface area (Å²) >= 11 is 0. The predicted molar refractivity (Wildman–Crippen MR) is 68.3 cm³/mol. The highest BCUT2D eigenvalue weighted by Gasteiger charge is 2.26. The monoisotopic (exact) mass is 218 g/mol. The molecule has 2 N–H and O–H groups in total. The smallest absolute Gasteiger partial charge is 0.0322 e. The Morgan fingerprint density at radius 2 is 2.19 bits per heavy atom. The molecule has 0 aliphatic carbocycles. The van der Waals surface area contributed by atoms with E-state index in [9.17, 15) is 0 Å². The van der Waals surface area contributed by atoms with Crippen molar-refractivity contribution in [2.45, 2.75) is 26.3 Å². The molecule has 1 heterocycles. The summed E-state index contributed by atoms with van der Waals surface area (Å²) in [7, 11) is 0. The van der Waals surface area contributed by atoms with Crippen LogP contribution in [0, 0.1) is 12.8 Å². The zero-order valence-electron chi connectivity index (χ0n) is 10.3. The summed E-state index contributed by atoms with van der Waals surface area (Å²) in [6.07, 6.45) is 1.26. The minimum Gasteiger partial charge on any atom is -0.330 e. The zero-order valence-corrected chi connectivity index (χ0v) is 10.3. The van der Waals surface area contributed by atoms with Crippen molar-refractivity contribution in [2.75, 3.05) is 19.6 Å². The van der Waals surface area contributed by atoms with Gasteiger partial charge in [-0.25, -0.2) is 0 Å². The van der Waals surface area contributed by atoms with Crippen molar-refractivity contribution in [1.29, 1.82) is 0 Å². The summed E-state index contributed by atoms with van der Waals surface area (Å²) in [5.41, 5.74) is 8.59. The fourth-order valence-corrected chi connectivity index (χ4v) is 2.66. The molecule has 0 spiro atoms. The van der Waals surface area contributed by atoms with Crippen LogP contribution in [0.5, 0.6) is 0 Å². The van der Waals surface area contributed by atoms with E-state index in [-0.39, 0.29) is 0 Å². The van der Waals surface area contributed by atoms with Gasteiger partial charge in [0.15, 0.2) is 0 Å². The average Bonchev–Trinajstić information content (AvgIpc) is 2.77. The highest BCUT2D eigenvalue weighted by molar-refractivity contribution is 5.28. The van der Waals surface area contributed by atoms with E-state index in [1.54, 1.807) is 0 Å². The average molecular weight is 218 g/mol. The first-order valence-electron chi connectivity index (χ1n) is 6.22. The molecule has 2 rings (SSSR count). The molecule has 1 fully saturated rings. The van der Waals surface area contributed by atoms with E-state index < -0.39 is 0 Å². The summed E-state index contributed by atoms with van der Waals surface area (Å²) < 4.78 is 0. The van der Waals surface area contributed by atoms with Gasteiger partial charge in [-0.3, -0.25) is 4.90 Å². The maximum atomic E-state index is 5.74. The van der Waals surface area contributed by atoms with Crippen molar-refractivity contribution < 1.29 is 0 Å². The molecule has 2 nitrogen and oxygen atoms in total. The number of likely N-dealkylation sites (tertiary alicyclic amines) is 1. The van der Waals surface area contributed by atoms with Gasteiger partial charge in [-0.1, -0.05) is 24.3 Å². The van der Waals surface area contributed by atoms with Crippen LogP contribution in [-0.2, 0) is 0 Å². The van der Waals surface area contributed by atoms with Crippen molar-refractivity contribution in [2.24, 2.45) is 11.7 Å². The Bertz CT molecular complexity index is 348. The van der Waals surface area contributed by atoms with Crippen LogP contribution in [0.3, 0.4) is 0 Å². The third-order valence-electron chi connectivity index (χ3n) is 3.84. The van der Waals surface area contributed by atoms with Crippen LogP contribution < -0.4 is 5.73 Å². The summed E-state index contributed by atoms with van der Waals surface area (Å²) in [4.78, 5) is 2.56. The molecule has 0 aromatic heterocycles. The van der Waals surface area contributed by atoms with E-state index >= 15 is 0 Å². The highest BCUT2D eigenvalue weighted by Crippen LogP contribution is 2.28. The number of nitrogens with zero attached hydrogens (tertiary/aromatic N) is 1. The topological polar surface area (TPSA) is 29.3 Å². The maximum absolute atomic E-state index is 5.74. The standard InChI is InChI=1S/C14H22N2/c1-11-5-3-4-6-14(11)12(2)16-8-7-13(9-15)10-16/h3-6,12-13H,7-10,15H2,1-2H3. The van der Waals surface area contributed by atoms with E-state index in [0.717, 1.165) is 13.1 Å². The summed E-state index contributed by atoms with van der Waals surface area (Å²) in [5.74, 6) is 0.700. The number of rotatable bonds is 3. The van der Waals surface area contributed by atoms with Crippen LogP contribution >= 0.6 is 0 Å². The van der Waals surface area contributed by atoms with Gasteiger partial charge in [-0.15, -0.1) is 0 Å². The van der Waals surface area contributed by atoms with Gasteiger partial charge in [0, 0.05) is 12.6 Å². The predicted octanol–water partition coefficient (Wildman–Crippen LogP) is 2.34. The van der Waals surface area contributed by atoms with Crippen LogP contribution in [0.15, 0.2) is 24.3 Å². The summed E-state index contributed by atoms with van der Waals surface area (Å²) in [6.45, 7) is 7.68. The first-order chi connectivity index (χ1) is 7.72. The van der Waals surface area contributed by atoms with E-state index in [2.05, 4.69) is 43.0 Å². The lowest BCUT2D eigenvalue weighted by Gasteiger charge is -2.26. The number of hydrogen-bond acceptors (Lipinski definition) is 2. The summed E-state index contributed by atoms with van der Waals surface area (Å²) in [5, 5.41) is 0. The van der Waals surface area contributed by atoms with Gasteiger partial charge < -0.3 is 5.73 Å². The minimum absolute atomic E-state index is 0.526. The lowest BCUT2D eigenvalue weighted by atomic mass is 10.0. The van der Waals surface area contributed by atoms with E-state index in [4.69, 9.17) is 5.73 Å². The van der Waals surface area contributed by atoms with Crippen molar-refractivity contribution >= 4 is 0 Å². The molecular formula is C14H22N2. The normalized spacial score (nSPS) is 23.6. The molecule has 1 saturated heterocycles. The Balaban J connectivity index is 2.08. The fraction of sp³-hybridized carbons (Fsp3) is 0.571. The molecule has 1 aliphatic heterocycles. The lowest BCUT2D eigenvalue weighted by molar-refractivity contribution is 0.253. The third-order valence-corrected chi connectivity index (χ3v) is 3.84. The second-order valence-electron chi connectivity index (χ2n) is 4.92. The second kappa shape index (κ2) is 4.98. The maximum Gasteiger partial charge on any atom is 0.0322 e. The van der Waals surface area contributed by atoms with E-state index in [1.165, 1.54) is 24.1 Å². The lowest BCUT2D eigenvalue weighted by Crippen LogP contribution is -2.26. The first-order valence-corrected chi connectivity index (χ1v) is 6.22. The van der Waals surface area contributed by atoms with Crippen LogP contribution in [-0.4, -0.2) is 24.5 Å². The van der Waals surface area contributed by atoms with Crippen LogP contribution in [0.4, 0.5) is 0 Å². The largest absolute Gasteiger partial charge is 0.330 e. The Morgan fingerprint density at radius 1 is 1.44 bits per heavy atom. The number of nitrogens with two attached hydrogens (primary N) is 1. The van der Waals surface area contributed by atoms with Gasteiger partial charge in [-0.05, 0) is 50.4 Å². The first kappa shape index (κ1) is 11.6. The van der Waals surface area contributed by atoms with Crippen LogP contribution in [0.1, 0.15) is 30.5 Å². The molecule has 0 bridgehead atoms. The molecule has 2 unspecified atom stereocenters. The molecular weight excluding hydrogens is 196 g/mol. The second-order valence-corrected chi connectivity index (χ2v) is 4.92. The van der Waals surface area contributed by atoms with Gasteiger partial charge in [-0.2, -0.15) is 0 Å². The van der Waals surface area contributed by atoms with Crippen molar-refractivity contribution in [1.82, 2.24) is 4.90 Å². The molecule has 2 heteroatoms. The molecule has 88 valence electrons. The zero-order chi connectivity index (χ0) is 11.5. The van der Waals surface area contributed by atoms with Gasteiger partial charge in [0.1, 0.15) is 0 Å². The van der Waals surface area contributed by atoms with Gasteiger partial charge in [0.25, 0.3) is 0 Å². The van der Waals surface area contributed by atoms with Gasteiger partial charge >= 0.3 is 0 Å². The Kier molecular flexibility index (Phi) is 3.62. The molecule has 0 saturated carbocycles. The van der Waals surface area contributed by atoms with Crippen LogP contribution in [0.2, 0.25) is 0 Å². The van der Waals surface area contributed by atoms with E-state index in [1.807, 2.05) is 0 Å². The molecule has 0 radical (unpaired) electrons. The Morgan fingerprint density at radius 3 is 2.81 bits per heavy atom. The van der Waals surface area contributed by atoms with Crippen molar-refractivity contribution in [3.8, 4) is 0 Å². The SMILES string of the molecule is Cc1ccccc1C(C)N1CCC(CN)C1. The van der Waals surface area contributed by atoms with Gasteiger partial charge in [0.05, 0.1) is 0 Å². The molecule has 16 heavy (non-hydrogen) atoms. The minimum atomic E-state index is 0.526. The molecule has 0 amide bonds. The molecule has 2 atom stereocenters. The third kappa shape index (κ3) is 2.28. The van der Waals surface area contributed by atoms with Crippen molar-refractivity contribution in [3.05, 3.63) is 35.4 Å². The number of benzene rings is 1. The Hall–Kier alpha value is -0.860. The quantitative estimate of drug-likeness (QED) is 0.843. The molecule has 1 aromatic carbocycles. The van der Waals surface area contributed by atoms with Crippen LogP contribution in [0.25, 0.3) is 0 Å². The van der Waals surface area contributed by atoms with Gasteiger partial charge in [0.2, 0.25) is 0 Å². The summed E-state index contributed by atoms with van der Waals surface area (Å²) in [6, 6.07) is 9.21. The number of aryl methyl sites for hydroxylation is 1. The van der Waals surface area contributed by atoms with Crippen molar-refractivity contribution in [3.63, 3.8) is 0 Å². The highest BCUT2D eigenvalue weighted by atomic mass is 15.2. The molecule has 1 aliphatic rings. The fourth-order valence-electron chi connectivity index (χ4n) is 2.66. The van der Waals surface area contributed by atoms with E-state index in [0.29, 0.717) is 12.0 Å².